The van der Waals surface area contributed by atoms with Gasteiger partial charge in [0.15, 0.2) is 0 Å². The van der Waals surface area contributed by atoms with E-state index >= 15 is 0 Å². The number of hydrogen-bond acceptors (Lipinski definition) is 6. The van der Waals surface area contributed by atoms with Crippen molar-refractivity contribution in [2.24, 2.45) is 0 Å². The standard InChI is InChI=1S/C25H22B5N3O5/c26-23-25(29,30)38-24(27,28)13-32(23)10-14-4-6-15(7-5-14)12-37-19-3-1-2-16-17(19)11-33(22(16)36)18-8-9-20(34)31-21(18)35/h1-7,18,23H,8-13H2,(H,31,34,35). The predicted molar refractivity (Wildman–Crippen MR) is 143 cm³/mol. The van der Waals surface area contributed by atoms with Gasteiger partial charge in [-0.3, -0.25) is 19.7 Å². The predicted octanol–water partition coefficient (Wildman–Crippen LogP) is -0.665. The lowest BCUT2D eigenvalue weighted by molar-refractivity contribution is -0.136. The van der Waals surface area contributed by atoms with Gasteiger partial charge in [-0.25, -0.2) is 0 Å². The van der Waals surface area contributed by atoms with E-state index in [1.54, 1.807) is 23.1 Å². The lowest BCUT2D eigenvalue weighted by Gasteiger charge is -2.54. The van der Waals surface area contributed by atoms with E-state index in [0.29, 0.717) is 24.3 Å². The van der Waals surface area contributed by atoms with Gasteiger partial charge in [0.05, 0.1) is 14.4 Å². The molecule has 3 amide bonds. The van der Waals surface area contributed by atoms with Gasteiger partial charge in [0.25, 0.3) is 5.91 Å². The highest BCUT2D eigenvalue weighted by atomic mass is 16.5. The second-order valence-corrected chi connectivity index (χ2v) is 10.0. The maximum Gasteiger partial charge on any atom is 0.255 e. The van der Waals surface area contributed by atoms with Gasteiger partial charge in [-0.2, -0.15) is 0 Å². The van der Waals surface area contributed by atoms with Crippen molar-refractivity contribution in [2.75, 3.05) is 6.54 Å². The normalized spacial score (nSPS) is 24.6. The van der Waals surface area contributed by atoms with Gasteiger partial charge < -0.3 is 19.3 Å². The van der Waals surface area contributed by atoms with Crippen LogP contribution in [0.2, 0.25) is 0 Å². The summed E-state index contributed by atoms with van der Waals surface area (Å²) in [5.41, 5.74) is 3.06. The van der Waals surface area contributed by atoms with Crippen molar-refractivity contribution in [1.29, 1.82) is 0 Å². The molecule has 2 aromatic carbocycles. The van der Waals surface area contributed by atoms with Gasteiger partial charge in [-0.15, -0.1) is 0 Å². The Morgan fingerprint density at radius 1 is 1.03 bits per heavy atom. The number of nitrogens with zero attached hydrogens (tertiary/aromatic N) is 2. The van der Waals surface area contributed by atoms with E-state index in [-0.39, 0.29) is 37.9 Å². The van der Waals surface area contributed by atoms with Crippen LogP contribution in [0.4, 0.5) is 0 Å². The van der Waals surface area contributed by atoms with Crippen LogP contribution in [0.1, 0.15) is 39.9 Å². The molecule has 8 nitrogen and oxygen atoms in total. The van der Waals surface area contributed by atoms with Crippen LogP contribution in [0.3, 0.4) is 0 Å². The van der Waals surface area contributed by atoms with Crippen molar-refractivity contribution >= 4 is 57.0 Å². The highest BCUT2D eigenvalue weighted by Crippen LogP contribution is 2.34. The third-order valence-electron chi connectivity index (χ3n) is 7.01. The number of morpholine rings is 1. The van der Waals surface area contributed by atoms with Crippen molar-refractivity contribution in [3.05, 3.63) is 64.7 Å². The summed E-state index contributed by atoms with van der Waals surface area (Å²) < 4.78 is 11.4. The number of amides is 3. The molecule has 5 rings (SSSR count). The van der Waals surface area contributed by atoms with Gasteiger partial charge in [0.2, 0.25) is 11.8 Å². The van der Waals surface area contributed by atoms with E-state index in [2.05, 4.69) is 5.32 Å². The quantitative estimate of drug-likeness (QED) is 0.420. The van der Waals surface area contributed by atoms with Crippen molar-refractivity contribution in [3.8, 4) is 5.75 Å². The number of carbonyl (C=O) groups excluding carboxylic acids is 3. The smallest absolute Gasteiger partial charge is 0.255 e. The maximum atomic E-state index is 13.0. The molecule has 0 aromatic heterocycles. The maximum absolute atomic E-state index is 13.0. The minimum Gasteiger partial charge on any atom is -0.489 e. The first kappa shape index (κ1) is 26.7. The average molecular weight is 499 g/mol. The average Bonchev–Trinajstić information content (AvgIpc) is 3.18. The Bertz CT molecular complexity index is 1270. The zero-order valence-corrected chi connectivity index (χ0v) is 20.8. The number of benzene rings is 2. The largest absolute Gasteiger partial charge is 0.489 e. The molecule has 2 aromatic rings. The fourth-order valence-corrected chi connectivity index (χ4v) is 5.11. The zero-order valence-electron chi connectivity index (χ0n) is 20.8. The van der Waals surface area contributed by atoms with E-state index in [9.17, 15) is 14.4 Å². The van der Waals surface area contributed by atoms with Gasteiger partial charge in [0.1, 0.15) is 49.8 Å². The highest BCUT2D eigenvalue weighted by molar-refractivity contribution is 6.45. The van der Waals surface area contributed by atoms with Gasteiger partial charge in [-0.05, 0) is 41.0 Å². The Morgan fingerprint density at radius 3 is 2.45 bits per heavy atom. The van der Waals surface area contributed by atoms with Crippen molar-refractivity contribution in [2.45, 2.75) is 55.3 Å². The molecule has 13 heteroatoms. The molecular weight excluding hydrogens is 476 g/mol. The number of ether oxygens (including phenoxy) is 2. The number of piperidine rings is 1. The molecule has 2 unspecified atom stereocenters. The minimum atomic E-state index is -1.69. The summed E-state index contributed by atoms with van der Waals surface area (Å²) in [7, 11) is 29.8. The Balaban J connectivity index is 1.23. The summed E-state index contributed by atoms with van der Waals surface area (Å²) in [6, 6.07) is 12.3. The lowest BCUT2D eigenvalue weighted by atomic mass is 9.51. The van der Waals surface area contributed by atoms with Crippen LogP contribution in [0.15, 0.2) is 42.5 Å². The highest BCUT2D eigenvalue weighted by Gasteiger charge is 2.42. The monoisotopic (exact) mass is 499 g/mol. The first-order valence-corrected chi connectivity index (χ1v) is 12.3. The molecule has 0 spiro atoms. The Kier molecular flexibility index (Phi) is 7.03. The van der Waals surface area contributed by atoms with Crippen molar-refractivity contribution in [3.63, 3.8) is 0 Å². The lowest BCUT2D eigenvalue weighted by Crippen LogP contribution is -2.68. The van der Waals surface area contributed by atoms with Crippen molar-refractivity contribution < 1.29 is 23.9 Å². The number of nitrogens with one attached hydrogen (secondary N) is 1. The van der Waals surface area contributed by atoms with Crippen LogP contribution in [0.25, 0.3) is 0 Å². The molecule has 38 heavy (non-hydrogen) atoms. The molecule has 3 heterocycles. The SMILES string of the molecule is [B]C1N(Cc2ccc(COc3cccc4c3CN(C3CCC(=O)NC3=O)C4=O)cc2)CC([B])([B])OC1([B])[B]. The van der Waals surface area contributed by atoms with Crippen LogP contribution in [0.5, 0.6) is 5.75 Å². The fraction of sp³-hybridized carbons (Fsp3) is 0.400. The van der Waals surface area contributed by atoms with Crippen LogP contribution in [0, 0.1) is 0 Å². The number of carbonyl (C=O) groups is 3. The zero-order chi connectivity index (χ0) is 27.2. The summed E-state index contributed by atoms with van der Waals surface area (Å²) in [4.78, 5) is 40.1. The van der Waals surface area contributed by atoms with Gasteiger partial charge >= 0.3 is 0 Å². The number of imide groups is 1. The van der Waals surface area contributed by atoms with Crippen LogP contribution in [-0.2, 0) is 34.0 Å². The summed E-state index contributed by atoms with van der Waals surface area (Å²) in [5.74, 6) is -1.26. The summed E-state index contributed by atoms with van der Waals surface area (Å²) in [5, 5.41) is -0.912. The first-order chi connectivity index (χ1) is 17.9. The van der Waals surface area contributed by atoms with Gasteiger partial charge in [-0.1, -0.05) is 30.3 Å². The van der Waals surface area contributed by atoms with E-state index < -0.39 is 28.7 Å². The molecular formula is C25H22B5N3O5. The van der Waals surface area contributed by atoms with E-state index in [1.807, 2.05) is 24.3 Å². The number of fused-ring (bicyclic) bond motifs is 1. The second-order valence-electron chi connectivity index (χ2n) is 10.0. The summed E-state index contributed by atoms with van der Waals surface area (Å²) in [6.07, 6.45) is 0.503. The third kappa shape index (κ3) is 5.31. The Labute approximate surface area is 228 Å². The van der Waals surface area contributed by atoms with E-state index in [0.717, 1.165) is 16.7 Å². The Hall–Kier alpha value is -2.91. The molecule has 0 saturated carbocycles. The molecule has 2 atom stereocenters. The van der Waals surface area contributed by atoms with Crippen LogP contribution in [-0.4, -0.2) is 96.1 Å². The van der Waals surface area contributed by atoms with Gasteiger partial charge in [0, 0.05) is 36.0 Å². The minimum absolute atomic E-state index is 0.142. The molecule has 10 radical (unpaired) electrons. The third-order valence-corrected chi connectivity index (χ3v) is 7.01. The summed E-state index contributed by atoms with van der Waals surface area (Å²) in [6.45, 7) is 1.05. The molecule has 2 saturated heterocycles. The van der Waals surface area contributed by atoms with Crippen LogP contribution >= 0.6 is 0 Å². The fourth-order valence-electron chi connectivity index (χ4n) is 5.11. The topological polar surface area (TPSA) is 88.2 Å². The van der Waals surface area contributed by atoms with Crippen molar-refractivity contribution in [1.82, 2.24) is 15.1 Å². The van der Waals surface area contributed by atoms with E-state index in [4.69, 9.17) is 48.7 Å². The molecule has 1 N–H and O–H groups in total. The number of rotatable bonds is 6. The molecule has 182 valence electrons. The van der Waals surface area contributed by atoms with Crippen LogP contribution < -0.4 is 10.1 Å². The Morgan fingerprint density at radius 2 is 1.74 bits per heavy atom. The summed E-state index contributed by atoms with van der Waals surface area (Å²) >= 11 is 0. The molecule has 0 aliphatic carbocycles. The molecule has 0 bridgehead atoms. The molecule has 2 fully saturated rings. The first-order valence-electron chi connectivity index (χ1n) is 12.3. The molecule has 3 aliphatic heterocycles. The number of hydrogen-bond donors (Lipinski definition) is 1. The molecule has 3 aliphatic rings. The van der Waals surface area contributed by atoms with E-state index in [1.165, 1.54) is 4.90 Å². The second kappa shape index (κ2) is 10.0.